The molecule has 1 aromatic heterocycles. The summed E-state index contributed by atoms with van der Waals surface area (Å²) in [6, 6.07) is 20.2. The van der Waals surface area contributed by atoms with Crippen molar-refractivity contribution in [2.75, 3.05) is 12.4 Å². The first-order valence-electron chi connectivity index (χ1n) is 12.8. The number of methoxy groups -OCH3 is 1. The molecular weight excluding hydrogens is 556 g/mol. The van der Waals surface area contributed by atoms with E-state index >= 15 is 0 Å². The molecule has 2 heterocycles. The van der Waals surface area contributed by atoms with Crippen LogP contribution in [0.2, 0.25) is 0 Å². The molecule has 0 saturated carbocycles. The average Bonchev–Trinajstić information content (AvgIpc) is 3.29. The van der Waals surface area contributed by atoms with Gasteiger partial charge in [0, 0.05) is 17.8 Å². The van der Waals surface area contributed by atoms with Crippen LogP contribution in [0, 0.1) is 24.0 Å². The Hall–Kier alpha value is -5.29. The van der Waals surface area contributed by atoms with Crippen LogP contribution in [0.1, 0.15) is 28.2 Å². The van der Waals surface area contributed by atoms with E-state index in [1.54, 1.807) is 18.2 Å². The Morgan fingerprint density at radius 2 is 1.57 bits per heavy atom. The van der Waals surface area contributed by atoms with Crippen LogP contribution < -0.4 is 25.8 Å². The zero-order valence-electron chi connectivity index (χ0n) is 22.9. The summed E-state index contributed by atoms with van der Waals surface area (Å²) in [6.07, 6.45) is 1.70. The van der Waals surface area contributed by atoms with E-state index in [-0.39, 0.29) is 27.3 Å². The van der Waals surface area contributed by atoms with Gasteiger partial charge in [-0.3, -0.25) is 24.3 Å². The van der Waals surface area contributed by atoms with Crippen molar-refractivity contribution in [1.82, 2.24) is 4.57 Å². The lowest BCUT2D eigenvalue weighted by Crippen LogP contribution is -2.42. The molecule has 42 heavy (non-hydrogen) atoms. The number of carbonyl (C=O) groups excluding carboxylic acids is 2. The largest absolute Gasteiger partial charge is 0.466 e. The molecule has 1 unspecified atom stereocenters. The molecule has 3 N–H and O–H groups in total. The third-order valence-corrected chi connectivity index (χ3v) is 8.03. The standard InChI is InChI=1S/C31H26N4O6S/c1-17-4-8-19(9-5-17)16-23-29(37)34-27(32)25(31(38)41-3)24(20-10-6-18(2)7-11-20)26(30(34)42-23)28(36)33-21-12-14-22(15-13-21)35(39)40/h4-16,24H,32H2,1-3H3,(H,33,36)/b23-16+. The van der Waals surface area contributed by atoms with E-state index in [9.17, 15) is 24.5 Å². The molecule has 0 saturated heterocycles. The number of aryl methyl sites for hydroxylation is 2. The average molecular weight is 583 g/mol. The summed E-state index contributed by atoms with van der Waals surface area (Å²) in [4.78, 5) is 51.6. The molecule has 4 aromatic rings. The van der Waals surface area contributed by atoms with Crippen molar-refractivity contribution in [3.8, 4) is 0 Å². The molecule has 0 radical (unpaired) electrons. The maximum absolute atomic E-state index is 14.1. The minimum absolute atomic E-state index is 0.0514. The number of nitro benzene ring substituents is 1. The minimum Gasteiger partial charge on any atom is -0.466 e. The Bertz CT molecular complexity index is 1940. The molecule has 1 aliphatic heterocycles. The number of ether oxygens (including phenoxy) is 1. The molecule has 0 bridgehead atoms. The number of nitrogens with two attached hydrogens (primary N) is 1. The van der Waals surface area contributed by atoms with Crippen LogP contribution in [-0.4, -0.2) is 28.5 Å². The number of nitrogens with zero attached hydrogens (tertiary/aromatic N) is 2. The van der Waals surface area contributed by atoms with Crippen LogP contribution in [0.3, 0.4) is 0 Å². The third-order valence-electron chi connectivity index (χ3n) is 6.92. The lowest BCUT2D eigenvalue weighted by molar-refractivity contribution is -0.384. The zero-order chi connectivity index (χ0) is 30.1. The molecule has 212 valence electrons. The van der Waals surface area contributed by atoms with Gasteiger partial charge in [-0.15, -0.1) is 11.3 Å². The topological polar surface area (TPSA) is 147 Å². The van der Waals surface area contributed by atoms with Gasteiger partial charge in [-0.2, -0.15) is 0 Å². The van der Waals surface area contributed by atoms with Crippen molar-refractivity contribution in [2.45, 2.75) is 19.8 Å². The smallest absolute Gasteiger partial charge is 0.338 e. The highest BCUT2D eigenvalue weighted by molar-refractivity contribution is 7.07. The van der Waals surface area contributed by atoms with Gasteiger partial charge in [-0.05, 0) is 43.2 Å². The number of nitrogens with one attached hydrogen (secondary N) is 1. The van der Waals surface area contributed by atoms with Crippen molar-refractivity contribution in [3.05, 3.63) is 130 Å². The van der Waals surface area contributed by atoms with Crippen LogP contribution in [0.25, 0.3) is 17.5 Å². The second-order valence-electron chi connectivity index (χ2n) is 9.77. The number of amides is 1. The Balaban J connectivity index is 1.79. The van der Waals surface area contributed by atoms with E-state index in [0.29, 0.717) is 15.8 Å². The number of rotatable bonds is 6. The predicted molar refractivity (Wildman–Crippen MR) is 161 cm³/mol. The van der Waals surface area contributed by atoms with Gasteiger partial charge in [0.15, 0.2) is 0 Å². The second-order valence-corrected chi connectivity index (χ2v) is 10.8. The first-order chi connectivity index (χ1) is 20.1. The number of carbonyl (C=O) groups is 2. The highest BCUT2D eigenvalue weighted by Crippen LogP contribution is 2.37. The summed E-state index contributed by atoms with van der Waals surface area (Å²) < 4.78 is 6.82. The summed E-state index contributed by atoms with van der Waals surface area (Å²) in [5, 5.41) is 13.9. The van der Waals surface area contributed by atoms with Gasteiger partial charge in [0.25, 0.3) is 17.2 Å². The maximum atomic E-state index is 14.1. The number of nitro groups is 1. The highest BCUT2D eigenvalue weighted by Gasteiger charge is 2.39. The van der Waals surface area contributed by atoms with Gasteiger partial charge >= 0.3 is 5.97 Å². The number of hydrogen-bond acceptors (Lipinski definition) is 8. The molecule has 11 heteroatoms. The fourth-order valence-electron chi connectivity index (χ4n) is 4.75. The summed E-state index contributed by atoms with van der Waals surface area (Å²) >= 11 is 1.08. The normalized spacial score (nSPS) is 14.9. The van der Waals surface area contributed by atoms with Gasteiger partial charge in [0.1, 0.15) is 10.5 Å². The number of aromatic nitrogens is 1. The first kappa shape index (κ1) is 28.2. The highest BCUT2D eigenvalue weighted by atomic mass is 32.1. The molecular formula is C31H26N4O6S. The van der Waals surface area contributed by atoms with Gasteiger partial charge in [-0.25, -0.2) is 4.79 Å². The number of benzene rings is 3. The van der Waals surface area contributed by atoms with Crippen LogP contribution >= 0.6 is 11.3 Å². The van der Waals surface area contributed by atoms with E-state index in [2.05, 4.69) is 5.32 Å². The molecule has 5 rings (SSSR count). The van der Waals surface area contributed by atoms with Crippen molar-refractivity contribution in [2.24, 2.45) is 5.73 Å². The summed E-state index contributed by atoms with van der Waals surface area (Å²) in [7, 11) is 1.20. The molecule has 1 atom stereocenters. The fourth-order valence-corrected chi connectivity index (χ4v) is 5.92. The van der Waals surface area contributed by atoms with Crippen LogP contribution in [0.5, 0.6) is 0 Å². The molecule has 10 nitrogen and oxygen atoms in total. The fraction of sp³-hybridized carbons (Fsp3) is 0.129. The SMILES string of the molecule is COC(=O)C1=C(N)n2c(s/c(=C/c3ccc(C)cc3)c2=O)=C(C(=O)Nc2ccc([N+](=O)[O-])cc2)C1c1ccc(C)cc1. The molecule has 1 amide bonds. The van der Waals surface area contributed by atoms with E-state index in [1.807, 2.05) is 50.2 Å². The number of non-ortho nitro benzene ring substituents is 1. The van der Waals surface area contributed by atoms with E-state index < -0.39 is 28.3 Å². The van der Waals surface area contributed by atoms with Crippen LogP contribution in [-0.2, 0) is 14.3 Å². The Morgan fingerprint density at radius 3 is 2.14 bits per heavy atom. The maximum Gasteiger partial charge on any atom is 0.338 e. The van der Waals surface area contributed by atoms with Crippen molar-refractivity contribution in [3.63, 3.8) is 0 Å². The van der Waals surface area contributed by atoms with E-state index in [1.165, 1.54) is 35.9 Å². The predicted octanol–water partition coefficient (Wildman–Crippen LogP) is 3.15. The summed E-state index contributed by atoms with van der Waals surface area (Å²) in [6.45, 7) is 3.87. The second kappa shape index (κ2) is 11.3. The zero-order valence-corrected chi connectivity index (χ0v) is 23.7. The Labute approximate surface area is 243 Å². The summed E-state index contributed by atoms with van der Waals surface area (Å²) in [5.41, 5.74) is 9.65. The monoisotopic (exact) mass is 582 g/mol. The molecule has 3 aromatic carbocycles. The molecule has 0 fully saturated rings. The van der Waals surface area contributed by atoms with Crippen LogP contribution in [0.15, 0.2) is 83.2 Å². The van der Waals surface area contributed by atoms with Gasteiger partial charge < -0.3 is 15.8 Å². The van der Waals surface area contributed by atoms with Gasteiger partial charge in [0.2, 0.25) is 0 Å². The van der Waals surface area contributed by atoms with Crippen molar-refractivity contribution < 1.29 is 19.2 Å². The quantitative estimate of drug-likeness (QED) is 0.202. The summed E-state index contributed by atoms with van der Waals surface area (Å²) in [5.74, 6) is -2.49. The lowest BCUT2D eigenvalue weighted by atomic mass is 9.82. The molecule has 0 spiro atoms. The third kappa shape index (κ3) is 5.25. The number of fused-ring (bicyclic) bond motifs is 1. The van der Waals surface area contributed by atoms with Gasteiger partial charge in [0.05, 0.1) is 33.6 Å². The van der Waals surface area contributed by atoms with Crippen molar-refractivity contribution in [1.29, 1.82) is 0 Å². The number of esters is 1. The van der Waals surface area contributed by atoms with E-state index in [0.717, 1.165) is 28.0 Å². The lowest BCUT2D eigenvalue weighted by Gasteiger charge is -2.27. The number of thiazole rings is 1. The minimum atomic E-state index is -0.971. The Kier molecular flexibility index (Phi) is 7.60. The number of hydrogen-bond donors (Lipinski definition) is 2. The number of anilines is 1. The van der Waals surface area contributed by atoms with Gasteiger partial charge in [-0.1, -0.05) is 59.7 Å². The van der Waals surface area contributed by atoms with Crippen molar-refractivity contribution >= 4 is 52.1 Å². The molecule has 0 aliphatic carbocycles. The molecule has 1 aliphatic rings. The van der Waals surface area contributed by atoms with Crippen LogP contribution in [0.4, 0.5) is 11.4 Å². The Morgan fingerprint density at radius 1 is 0.976 bits per heavy atom. The first-order valence-corrected chi connectivity index (χ1v) is 13.7. The van der Waals surface area contributed by atoms with E-state index in [4.69, 9.17) is 10.5 Å².